The van der Waals surface area contributed by atoms with Crippen LogP contribution in [0.15, 0.2) is 24.3 Å². The molecule has 1 aromatic rings. The van der Waals surface area contributed by atoms with E-state index in [2.05, 4.69) is 55.3 Å². The Morgan fingerprint density at radius 3 is 2.72 bits per heavy atom. The number of ether oxygens (including phenoxy) is 1. The highest BCUT2D eigenvalue weighted by molar-refractivity contribution is 8.00. The molecule has 1 heterocycles. The van der Waals surface area contributed by atoms with Crippen LogP contribution < -0.4 is 10.1 Å². The number of hydrogen-bond acceptors (Lipinski definition) is 3. The molecule has 0 aromatic heterocycles. The first kappa shape index (κ1) is 13.8. The third-order valence-electron chi connectivity index (χ3n) is 3.36. The first-order chi connectivity index (χ1) is 8.85. The smallest absolute Gasteiger partial charge is 0.119 e. The molecule has 2 atom stereocenters. The van der Waals surface area contributed by atoms with E-state index in [0.717, 1.165) is 24.0 Å². The van der Waals surface area contributed by atoms with Gasteiger partial charge in [0.15, 0.2) is 0 Å². The second-order valence-corrected chi connectivity index (χ2v) is 6.08. The van der Waals surface area contributed by atoms with Gasteiger partial charge in [-0.2, -0.15) is 11.8 Å². The molecule has 0 aliphatic carbocycles. The topological polar surface area (TPSA) is 21.3 Å². The monoisotopic (exact) mass is 265 g/mol. The highest BCUT2D eigenvalue weighted by Crippen LogP contribution is 2.36. The zero-order valence-corrected chi connectivity index (χ0v) is 12.1. The molecule has 0 bridgehead atoms. The van der Waals surface area contributed by atoms with Crippen molar-refractivity contribution in [2.75, 3.05) is 19.4 Å². The highest BCUT2D eigenvalue weighted by Gasteiger charge is 2.25. The lowest BCUT2D eigenvalue weighted by Gasteiger charge is -2.23. The first-order valence-electron chi connectivity index (χ1n) is 6.86. The van der Waals surface area contributed by atoms with Crippen molar-refractivity contribution in [1.82, 2.24) is 5.32 Å². The van der Waals surface area contributed by atoms with Crippen LogP contribution in [0.5, 0.6) is 5.75 Å². The second kappa shape index (κ2) is 7.05. The minimum Gasteiger partial charge on any atom is -0.494 e. The molecule has 0 spiro atoms. The van der Waals surface area contributed by atoms with Gasteiger partial charge in [-0.15, -0.1) is 0 Å². The van der Waals surface area contributed by atoms with Gasteiger partial charge in [-0.25, -0.2) is 0 Å². The molecule has 18 heavy (non-hydrogen) atoms. The Labute approximate surface area is 114 Å². The van der Waals surface area contributed by atoms with E-state index >= 15 is 0 Å². The highest BCUT2D eigenvalue weighted by atomic mass is 32.2. The quantitative estimate of drug-likeness (QED) is 0.848. The Morgan fingerprint density at radius 1 is 1.39 bits per heavy atom. The molecule has 2 unspecified atom stereocenters. The van der Waals surface area contributed by atoms with Gasteiger partial charge in [0.05, 0.1) is 6.61 Å². The van der Waals surface area contributed by atoms with E-state index in [1.165, 1.54) is 24.2 Å². The minimum absolute atomic E-state index is 0.470. The molecule has 1 fully saturated rings. The lowest BCUT2D eigenvalue weighted by Crippen LogP contribution is -2.25. The fraction of sp³-hybridized carbons (Fsp3) is 0.600. The first-order valence-corrected chi connectivity index (χ1v) is 7.91. The summed E-state index contributed by atoms with van der Waals surface area (Å²) in [6, 6.07) is 9.05. The summed E-state index contributed by atoms with van der Waals surface area (Å²) in [6.45, 7) is 2.93. The van der Waals surface area contributed by atoms with Crippen LogP contribution in [-0.2, 0) is 0 Å². The predicted molar refractivity (Wildman–Crippen MR) is 79.5 cm³/mol. The van der Waals surface area contributed by atoms with Gasteiger partial charge in [-0.05, 0) is 49.8 Å². The van der Waals surface area contributed by atoms with Crippen LogP contribution in [0.2, 0.25) is 0 Å². The van der Waals surface area contributed by atoms with Crippen molar-refractivity contribution < 1.29 is 4.74 Å². The molecular weight excluding hydrogens is 242 g/mol. The summed E-state index contributed by atoms with van der Waals surface area (Å²) >= 11 is 2.09. The molecule has 1 N–H and O–H groups in total. The van der Waals surface area contributed by atoms with E-state index in [9.17, 15) is 0 Å². The molecule has 3 heteroatoms. The number of nitrogens with one attached hydrogen (secondary N) is 1. The van der Waals surface area contributed by atoms with Crippen LogP contribution in [-0.4, -0.2) is 24.7 Å². The van der Waals surface area contributed by atoms with Crippen molar-refractivity contribution in [3.63, 3.8) is 0 Å². The van der Waals surface area contributed by atoms with Crippen molar-refractivity contribution in [1.29, 1.82) is 0 Å². The summed E-state index contributed by atoms with van der Waals surface area (Å²) in [6.07, 6.45) is 3.73. The van der Waals surface area contributed by atoms with Gasteiger partial charge in [0.2, 0.25) is 0 Å². The molecule has 2 rings (SSSR count). The molecule has 0 radical (unpaired) electrons. The molecule has 1 aliphatic rings. The molecule has 2 nitrogen and oxygen atoms in total. The average molecular weight is 265 g/mol. The maximum absolute atomic E-state index is 5.62. The molecule has 1 saturated heterocycles. The summed E-state index contributed by atoms with van der Waals surface area (Å²) in [5, 5.41) is 4.18. The maximum Gasteiger partial charge on any atom is 0.119 e. The van der Waals surface area contributed by atoms with Gasteiger partial charge >= 0.3 is 0 Å². The van der Waals surface area contributed by atoms with E-state index in [1.54, 1.807) is 0 Å². The Hall–Kier alpha value is -0.670. The van der Waals surface area contributed by atoms with Crippen LogP contribution in [0.4, 0.5) is 0 Å². The van der Waals surface area contributed by atoms with E-state index in [-0.39, 0.29) is 0 Å². The molecule has 0 saturated carbocycles. The number of benzene rings is 1. The molecule has 1 aromatic carbocycles. The van der Waals surface area contributed by atoms with Crippen LogP contribution in [0.3, 0.4) is 0 Å². The van der Waals surface area contributed by atoms with Gasteiger partial charge in [-0.3, -0.25) is 0 Å². The number of rotatable bonds is 6. The van der Waals surface area contributed by atoms with Crippen LogP contribution >= 0.6 is 11.8 Å². The number of thioether (sulfide) groups is 1. The Kier molecular flexibility index (Phi) is 5.39. The van der Waals surface area contributed by atoms with E-state index in [0.29, 0.717) is 6.04 Å². The van der Waals surface area contributed by atoms with Crippen molar-refractivity contribution >= 4 is 11.8 Å². The standard InChI is InChI=1S/C15H23NOS/c1-3-10-17-13-8-6-12(7-9-13)15(16-2)14-5-4-11-18-14/h6-9,14-16H,3-5,10-11H2,1-2H3. The van der Waals surface area contributed by atoms with Gasteiger partial charge in [0.1, 0.15) is 5.75 Å². The van der Waals surface area contributed by atoms with Crippen LogP contribution in [0.25, 0.3) is 0 Å². The lowest BCUT2D eigenvalue weighted by molar-refractivity contribution is 0.317. The molecule has 100 valence electrons. The fourth-order valence-electron chi connectivity index (χ4n) is 2.42. The molecule has 1 aliphatic heterocycles. The zero-order valence-electron chi connectivity index (χ0n) is 11.3. The van der Waals surface area contributed by atoms with Crippen molar-refractivity contribution in [2.24, 2.45) is 0 Å². The van der Waals surface area contributed by atoms with Gasteiger partial charge in [0, 0.05) is 11.3 Å². The third kappa shape index (κ3) is 3.42. The van der Waals surface area contributed by atoms with Gasteiger partial charge in [0.25, 0.3) is 0 Å². The van der Waals surface area contributed by atoms with Crippen LogP contribution in [0.1, 0.15) is 37.8 Å². The largest absolute Gasteiger partial charge is 0.494 e. The molecule has 0 amide bonds. The summed E-state index contributed by atoms with van der Waals surface area (Å²) in [4.78, 5) is 0. The predicted octanol–water partition coefficient (Wildman–Crippen LogP) is 3.63. The lowest BCUT2D eigenvalue weighted by atomic mass is 10.0. The minimum atomic E-state index is 0.470. The second-order valence-electron chi connectivity index (χ2n) is 4.74. The van der Waals surface area contributed by atoms with E-state index in [4.69, 9.17) is 4.74 Å². The summed E-state index contributed by atoms with van der Waals surface area (Å²) in [5.74, 6) is 2.29. The maximum atomic E-state index is 5.62. The summed E-state index contributed by atoms with van der Waals surface area (Å²) in [5.41, 5.74) is 1.38. The van der Waals surface area contributed by atoms with E-state index < -0.39 is 0 Å². The average Bonchev–Trinajstić information content (AvgIpc) is 2.93. The zero-order chi connectivity index (χ0) is 12.8. The third-order valence-corrected chi connectivity index (χ3v) is 4.82. The Bertz CT molecular complexity index is 346. The SMILES string of the molecule is CCCOc1ccc(C(NC)C2CCCS2)cc1. The van der Waals surface area contributed by atoms with Crippen molar-refractivity contribution in [3.8, 4) is 5.75 Å². The van der Waals surface area contributed by atoms with E-state index in [1.807, 2.05) is 0 Å². The molecular formula is C15H23NOS. The normalized spacial score (nSPS) is 20.9. The number of hydrogen-bond donors (Lipinski definition) is 1. The summed E-state index contributed by atoms with van der Waals surface area (Å²) in [7, 11) is 2.06. The van der Waals surface area contributed by atoms with Crippen molar-refractivity contribution in [3.05, 3.63) is 29.8 Å². The Balaban J connectivity index is 2.02. The fourth-order valence-corrected chi connectivity index (χ4v) is 3.88. The van der Waals surface area contributed by atoms with Crippen molar-refractivity contribution in [2.45, 2.75) is 37.5 Å². The van der Waals surface area contributed by atoms with Crippen LogP contribution in [0, 0.1) is 0 Å². The van der Waals surface area contributed by atoms with Gasteiger partial charge in [-0.1, -0.05) is 19.1 Å². The van der Waals surface area contributed by atoms with Gasteiger partial charge < -0.3 is 10.1 Å². The Morgan fingerprint density at radius 2 is 2.17 bits per heavy atom. The summed E-state index contributed by atoms with van der Waals surface area (Å²) < 4.78 is 5.62.